The first-order valence-electron chi connectivity index (χ1n) is 8.50. The Hall–Kier alpha value is -1.60. The fourth-order valence-corrected chi connectivity index (χ4v) is 4.00. The molecule has 7 heteroatoms. The van der Waals surface area contributed by atoms with E-state index in [4.69, 9.17) is 21.1 Å². The van der Waals surface area contributed by atoms with Crippen LogP contribution in [-0.2, 0) is 10.0 Å². The Kier molecular flexibility index (Phi) is 7.90. The summed E-state index contributed by atoms with van der Waals surface area (Å²) >= 11 is 5.87. The molecule has 2 aromatic rings. The Morgan fingerprint density at radius 3 is 2.58 bits per heavy atom. The number of rotatable bonds is 10. The minimum atomic E-state index is -3.64. The highest BCUT2D eigenvalue weighted by atomic mass is 35.5. The third-order valence-electron chi connectivity index (χ3n) is 4.08. The molecule has 1 atom stereocenters. The summed E-state index contributed by atoms with van der Waals surface area (Å²) in [6.07, 6.45) is 6.40. The predicted molar refractivity (Wildman–Crippen MR) is 103 cm³/mol. The maximum Gasteiger partial charge on any atom is 0.243 e. The summed E-state index contributed by atoms with van der Waals surface area (Å²) in [7, 11) is -3.64. The minimum Gasteiger partial charge on any atom is -0.465 e. The molecule has 0 saturated heterocycles. The van der Waals surface area contributed by atoms with Gasteiger partial charge in [-0.1, -0.05) is 24.6 Å². The van der Waals surface area contributed by atoms with Crippen LogP contribution in [0.2, 0.25) is 5.02 Å². The topological polar surface area (TPSA) is 70.8 Å². The van der Waals surface area contributed by atoms with Crippen molar-refractivity contribution in [3.63, 3.8) is 0 Å². The fraction of sp³-hybridized carbons (Fsp3) is 0.368. The van der Waals surface area contributed by atoms with Gasteiger partial charge in [-0.25, -0.2) is 8.42 Å². The van der Waals surface area contributed by atoms with Gasteiger partial charge in [0.2, 0.25) is 10.0 Å². The van der Waals surface area contributed by atoms with Gasteiger partial charge in [-0.05, 0) is 61.2 Å². The van der Waals surface area contributed by atoms with Gasteiger partial charge < -0.3 is 9.52 Å². The van der Waals surface area contributed by atoms with Crippen molar-refractivity contribution < 1.29 is 17.9 Å². The SMILES string of the molecule is CC(CCO)CCN(CC=Cc1ccco1)S(=O)(=O)c1ccc(Cl)cc1. The standard InChI is InChI=1S/C19H24ClNO4S/c1-16(11-14-22)10-13-21(12-2-4-18-5-3-15-25-18)26(23,24)19-8-6-17(20)7-9-19/h2-9,15-16,22H,10-14H2,1H3. The van der Waals surface area contributed by atoms with Crippen LogP contribution in [0.5, 0.6) is 0 Å². The van der Waals surface area contributed by atoms with Crippen LogP contribution < -0.4 is 0 Å². The molecule has 1 aromatic heterocycles. The molecule has 0 aliphatic heterocycles. The number of sulfonamides is 1. The van der Waals surface area contributed by atoms with E-state index >= 15 is 0 Å². The lowest BCUT2D eigenvalue weighted by atomic mass is 10.1. The van der Waals surface area contributed by atoms with E-state index in [2.05, 4.69) is 0 Å². The van der Waals surface area contributed by atoms with E-state index in [-0.39, 0.29) is 24.0 Å². The number of aliphatic hydroxyl groups excluding tert-OH is 1. The van der Waals surface area contributed by atoms with Gasteiger partial charge in [0.1, 0.15) is 5.76 Å². The van der Waals surface area contributed by atoms with E-state index in [0.717, 1.165) is 0 Å². The maximum atomic E-state index is 13.0. The number of furan rings is 1. The molecule has 0 amide bonds. The lowest BCUT2D eigenvalue weighted by molar-refractivity contribution is 0.253. The number of nitrogens with zero attached hydrogens (tertiary/aromatic N) is 1. The molecule has 0 saturated carbocycles. The first-order valence-corrected chi connectivity index (χ1v) is 10.3. The molecule has 1 unspecified atom stereocenters. The van der Waals surface area contributed by atoms with Crippen molar-refractivity contribution in [1.82, 2.24) is 4.31 Å². The van der Waals surface area contributed by atoms with Crippen LogP contribution in [0.4, 0.5) is 0 Å². The molecule has 2 rings (SSSR count). The van der Waals surface area contributed by atoms with Crippen LogP contribution in [0.3, 0.4) is 0 Å². The summed E-state index contributed by atoms with van der Waals surface area (Å²) in [5.74, 6) is 0.902. The van der Waals surface area contributed by atoms with Gasteiger partial charge >= 0.3 is 0 Å². The molecule has 0 bridgehead atoms. The van der Waals surface area contributed by atoms with Gasteiger partial charge in [-0.15, -0.1) is 0 Å². The van der Waals surface area contributed by atoms with Crippen molar-refractivity contribution in [2.24, 2.45) is 5.92 Å². The second kappa shape index (κ2) is 9.92. The molecule has 0 spiro atoms. The number of hydrogen-bond acceptors (Lipinski definition) is 4. The Labute approximate surface area is 159 Å². The Morgan fingerprint density at radius 1 is 1.23 bits per heavy atom. The summed E-state index contributed by atoms with van der Waals surface area (Å²) in [5, 5.41) is 9.54. The molecule has 1 heterocycles. The van der Waals surface area contributed by atoms with Gasteiger partial charge in [0.05, 0.1) is 11.2 Å². The monoisotopic (exact) mass is 397 g/mol. The zero-order chi connectivity index (χ0) is 19.0. The third kappa shape index (κ3) is 5.99. The Balaban J connectivity index is 2.16. The van der Waals surface area contributed by atoms with Crippen LogP contribution in [0.25, 0.3) is 6.08 Å². The number of hydrogen-bond donors (Lipinski definition) is 1. The second-order valence-corrected chi connectivity index (χ2v) is 8.52. The highest BCUT2D eigenvalue weighted by molar-refractivity contribution is 7.89. The van der Waals surface area contributed by atoms with E-state index in [0.29, 0.717) is 30.2 Å². The molecular weight excluding hydrogens is 374 g/mol. The highest BCUT2D eigenvalue weighted by Crippen LogP contribution is 2.20. The van der Waals surface area contributed by atoms with Crippen molar-refractivity contribution in [2.45, 2.75) is 24.7 Å². The van der Waals surface area contributed by atoms with Crippen molar-refractivity contribution >= 4 is 27.7 Å². The largest absolute Gasteiger partial charge is 0.465 e. The molecule has 0 fully saturated rings. The van der Waals surface area contributed by atoms with Crippen LogP contribution in [0, 0.1) is 5.92 Å². The van der Waals surface area contributed by atoms with Gasteiger partial charge in [0.15, 0.2) is 0 Å². The van der Waals surface area contributed by atoms with Crippen molar-refractivity contribution in [3.05, 3.63) is 59.5 Å². The van der Waals surface area contributed by atoms with Crippen LogP contribution in [-0.4, -0.2) is 37.5 Å². The van der Waals surface area contributed by atoms with Gasteiger partial charge in [-0.2, -0.15) is 4.31 Å². The lowest BCUT2D eigenvalue weighted by Crippen LogP contribution is -2.33. The zero-order valence-corrected chi connectivity index (χ0v) is 16.3. The molecule has 26 heavy (non-hydrogen) atoms. The summed E-state index contributed by atoms with van der Waals surface area (Å²) in [6.45, 7) is 2.71. The Bertz CT molecular complexity index is 785. The van der Waals surface area contributed by atoms with Crippen LogP contribution in [0.1, 0.15) is 25.5 Å². The van der Waals surface area contributed by atoms with Crippen LogP contribution >= 0.6 is 11.6 Å². The summed E-state index contributed by atoms with van der Waals surface area (Å²) in [4.78, 5) is 0.211. The lowest BCUT2D eigenvalue weighted by Gasteiger charge is -2.22. The third-order valence-corrected chi connectivity index (χ3v) is 6.21. The van der Waals surface area contributed by atoms with Gasteiger partial charge in [-0.3, -0.25) is 0 Å². The van der Waals surface area contributed by atoms with Crippen molar-refractivity contribution in [3.8, 4) is 0 Å². The van der Waals surface area contributed by atoms with Crippen molar-refractivity contribution in [1.29, 1.82) is 0 Å². The maximum absolute atomic E-state index is 13.0. The van der Waals surface area contributed by atoms with E-state index in [9.17, 15) is 8.42 Å². The van der Waals surface area contributed by atoms with Gasteiger partial charge in [0.25, 0.3) is 0 Å². The summed E-state index contributed by atoms with van der Waals surface area (Å²) in [6, 6.07) is 9.74. The average Bonchev–Trinajstić information content (AvgIpc) is 3.11. The zero-order valence-electron chi connectivity index (χ0n) is 14.7. The smallest absolute Gasteiger partial charge is 0.243 e. The van der Waals surface area contributed by atoms with Crippen LogP contribution in [0.15, 0.2) is 58.1 Å². The number of aliphatic hydroxyl groups is 1. The second-order valence-electron chi connectivity index (χ2n) is 6.14. The normalized spacial score (nSPS) is 13.5. The number of halogens is 1. The molecule has 0 aliphatic carbocycles. The molecule has 0 radical (unpaired) electrons. The van der Waals surface area contributed by atoms with E-state index in [1.54, 1.807) is 42.7 Å². The highest BCUT2D eigenvalue weighted by Gasteiger charge is 2.23. The quantitative estimate of drug-likeness (QED) is 0.656. The molecular formula is C19H24ClNO4S. The molecule has 5 nitrogen and oxygen atoms in total. The van der Waals surface area contributed by atoms with E-state index < -0.39 is 10.0 Å². The summed E-state index contributed by atoms with van der Waals surface area (Å²) < 4.78 is 32.6. The predicted octanol–water partition coefficient (Wildman–Crippen LogP) is 4.05. The van der Waals surface area contributed by atoms with E-state index in [1.165, 1.54) is 16.4 Å². The summed E-state index contributed by atoms with van der Waals surface area (Å²) in [5.41, 5.74) is 0. The first-order chi connectivity index (χ1) is 12.4. The first kappa shape index (κ1) is 20.7. The fourth-order valence-electron chi connectivity index (χ4n) is 2.47. The average molecular weight is 398 g/mol. The Morgan fingerprint density at radius 2 is 1.96 bits per heavy atom. The molecule has 1 N–H and O–H groups in total. The number of benzene rings is 1. The van der Waals surface area contributed by atoms with Crippen molar-refractivity contribution in [2.75, 3.05) is 19.7 Å². The molecule has 1 aromatic carbocycles. The van der Waals surface area contributed by atoms with Gasteiger partial charge in [0, 0.05) is 24.7 Å². The molecule has 142 valence electrons. The molecule has 0 aliphatic rings. The minimum absolute atomic E-state index is 0.101. The van der Waals surface area contributed by atoms with E-state index in [1.807, 2.05) is 6.92 Å².